The molecule has 0 saturated carbocycles. The lowest BCUT2D eigenvalue weighted by molar-refractivity contribution is -0.135. The normalized spacial score (nSPS) is 21.2. The second-order valence-corrected chi connectivity index (χ2v) is 6.34. The maximum atomic E-state index is 13.2. The number of hydrogen-bond donors (Lipinski definition) is 2. The lowest BCUT2D eigenvalue weighted by Gasteiger charge is -2.25. The Bertz CT molecular complexity index is 662. The van der Waals surface area contributed by atoms with Crippen LogP contribution in [-0.4, -0.2) is 35.3 Å². The molecule has 0 spiro atoms. The van der Waals surface area contributed by atoms with Gasteiger partial charge in [0.05, 0.1) is 0 Å². The first kappa shape index (κ1) is 18.9. The molecule has 1 aliphatic heterocycles. The highest BCUT2D eigenvalue weighted by atomic mass is 19.1. The molecule has 1 aromatic carbocycles. The van der Waals surface area contributed by atoms with Gasteiger partial charge < -0.3 is 10.6 Å². The van der Waals surface area contributed by atoms with E-state index in [1.165, 1.54) is 24.3 Å². The highest BCUT2D eigenvalue weighted by Gasteiger charge is 2.51. The molecular weight excluding hydrogens is 325 g/mol. The van der Waals surface area contributed by atoms with Crippen LogP contribution < -0.4 is 10.6 Å². The Kier molecular flexibility index (Phi) is 5.77. The third-order valence-electron chi connectivity index (χ3n) is 4.47. The smallest absolute Gasteiger partial charge is 0.325 e. The predicted octanol–water partition coefficient (Wildman–Crippen LogP) is 2.29. The van der Waals surface area contributed by atoms with Gasteiger partial charge in [0, 0.05) is 6.04 Å². The molecule has 1 fully saturated rings. The molecule has 7 heteroatoms. The van der Waals surface area contributed by atoms with E-state index in [0.717, 1.165) is 17.7 Å². The summed E-state index contributed by atoms with van der Waals surface area (Å²) in [6, 6.07) is 4.80. The Labute approximate surface area is 146 Å². The van der Waals surface area contributed by atoms with E-state index in [-0.39, 0.29) is 18.5 Å². The van der Waals surface area contributed by atoms with Crippen LogP contribution in [0.3, 0.4) is 0 Å². The molecule has 0 radical (unpaired) electrons. The number of imide groups is 1. The van der Waals surface area contributed by atoms with E-state index in [2.05, 4.69) is 10.6 Å². The highest BCUT2D eigenvalue weighted by molar-refractivity contribution is 6.09. The van der Waals surface area contributed by atoms with Crippen LogP contribution in [0.4, 0.5) is 9.18 Å². The fourth-order valence-electron chi connectivity index (χ4n) is 3.11. The zero-order chi connectivity index (χ0) is 18.6. The number of nitrogens with one attached hydrogen (secondary N) is 2. The molecular formula is C18H24FN3O3. The summed E-state index contributed by atoms with van der Waals surface area (Å²) in [5, 5.41) is 5.45. The quantitative estimate of drug-likeness (QED) is 0.742. The van der Waals surface area contributed by atoms with E-state index >= 15 is 0 Å². The summed E-state index contributed by atoms with van der Waals surface area (Å²) in [7, 11) is 0. The monoisotopic (exact) mass is 349 g/mol. The Morgan fingerprint density at radius 1 is 1.28 bits per heavy atom. The zero-order valence-corrected chi connectivity index (χ0v) is 14.8. The lowest BCUT2D eigenvalue weighted by atomic mass is 9.87. The number of amides is 4. The van der Waals surface area contributed by atoms with Crippen molar-refractivity contribution in [2.75, 3.05) is 6.54 Å². The molecule has 0 aliphatic carbocycles. The fraction of sp³-hybridized carbons (Fsp3) is 0.500. The Morgan fingerprint density at radius 3 is 2.48 bits per heavy atom. The number of urea groups is 1. The molecule has 25 heavy (non-hydrogen) atoms. The summed E-state index contributed by atoms with van der Waals surface area (Å²) in [4.78, 5) is 38.2. The summed E-state index contributed by atoms with van der Waals surface area (Å²) in [6.07, 6.45) is 2.04. The van der Waals surface area contributed by atoms with Crippen molar-refractivity contribution in [3.8, 4) is 0 Å². The van der Waals surface area contributed by atoms with Crippen LogP contribution in [0.1, 0.15) is 45.6 Å². The number of halogens is 1. The van der Waals surface area contributed by atoms with E-state index in [1.807, 2.05) is 13.8 Å². The third-order valence-corrected chi connectivity index (χ3v) is 4.47. The molecule has 1 aliphatic rings. The van der Waals surface area contributed by atoms with Gasteiger partial charge in [0.25, 0.3) is 5.91 Å². The second kappa shape index (κ2) is 7.63. The minimum Gasteiger partial charge on any atom is -0.352 e. The second-order valence-electron chi connectivity index (χ2n) is 6.34. The molecule has 2 rings (SSSR count). The van der Waals surface area contributed by atoms with Crippen LogP contribution in [0, 0.1) is 5.82 Å². The number of rotatable bonds is 7. The Hall–Kier alpha value is -2.44. The lowest BCUT2D eigenvalue weighted by Crippen LogP contribution is -2.45. The van der Waals surface area contributed by atoms with Crippen molar-refractivity contribution >= 4 is 17.8 Å². The van der Waals surface area contributed by atoms with Gasteiger partial charge in [0.1, 0.15) is 17.9 Å². The van der Waals surface area contributed by atoms with E-state index in [4.69, 9.17) is 0 Å². The van der Waals surface area contributed by atoms with E-state index in [0.29, 0.717) is 12.0 Å². The van der Waals surface area contributed by atoms with E-state index < -0.39 is 23.3 Å². The molecule has 4 amide bonds. The summed E-state index contributed by atoms with van der Waals surface area (Å²) >= 11 is 0. The third kappa shape index (κ3) is 3.81. The van der Waals surface area contributed by atoms with Crippen LogP contribution in [-0.2, 0) is 15.1 Å². The van der Waals surface area contributed by atoms with Crippen molar-refractivity contribution < 1.29 is 18.8 Å². The Morgan fingerprint density at radius 2 is 1.92 bits per heavy atom. The summed E-state index contributed by atoms with van der Waals surface area (Å²) in [5.41, 5.74) is -0.767. The minimum absolute atomic E-state index is 0.0219. The average molecular weight is 349 g/mol. The van der Waals surface area contributed by atoms with Crippen LogP contribution in [0.5, 0.6) is 0 Å². The van der Waals surface area contributed by atoms with Gasteiger partial charge in [-0.2, -0.15) is 0 Å². The largest absolute Gasteiger partial charge is 0.352 e. The topological polar surface area (TPSA) is 78.5 Å². The van der Waals surface area contributed by atoms with Crippen molar-refractivity contribution in [2.24, 2.45) is 0 Å². The molecule has 2 N–H and O–H groups in total. The summed E-state index contributed by atoms with van der Waals surface area (Å²) < 4.78 is 13.2. The molecule has 6 nitrogen and oxygen atoms in total. The Balaban J connectivity index is 2.17. The van der Waals surface area contributed by atoms with Gasteiger partial charge in [-0.1, -0.05) is 32.4 Å². The molecule has 0 aromatic heterocycles. The van der Waals surface area contributed by atoms with Gasteiger partial charge in [-0.05, 0) is 37.5 Å². The van der Waals surface area contributed by atoms with Crippen LogP contribution in [0.2, 0.25) is 0 Å². The number of hydrogen-bond acceptors (Lipinski definition) is 3. The average Bonchev–Trinajstić information content (AvgIpc) is 2.80. The van der Waals surface area contributed by atoms with Gasteiger partial charge in [0.2, 0.25) is 5.91 Å². The van der Waals surface area contributed by atoms with Crippen molar-refractivity contribution in [2.45, 2.75) is 51.6 Å². The van der Waals surface area contributed by atoms with E-state index in [9.17, 15) is 18.8 Å². The number of benzene rings is 1. The highest BCUT2D eigenvalue weighted by Crippen LogP contribution is 2.32. The van der Waals surface area contributed by atoms with Crippen molar-refractivity contribution in [3.63, 3.8) is 0 Å². The van der Waals surface area contributed by atoms with Crippen LogP contribution in [0.25, 0.3) is 0 Å². The molecule has 2 atom stereocenters. The zero-order valence-electron chi connectivity index (χ0n) is 14.8. The van der Waals surface area contributed by atoms with Crippen LogP contribution in [0.15, 0.2) is 24.3 Å². The number of nitrogens with zero attached hydrogens (tertiary/aromatic N) is 1. The molecule has 0 unspecified atom stereocenters. The predicted molar refractivity (Wildman–Crippen MR) is 91.1 cm³/mol. The summed E-state index contributed by atoms with van der Waals surface area (Å²) in [5.74, 6) is -1.30. The maximum Gasteiger partial charge on any atom is 0.325 e. The van der Waals surface area contributed by atoms with Crippen molar-refractivity contribution in [1.82, 2.24) is 15.5 Å². The summed E-state index contributed by atoms with van der Waals surface area (Å²) in [6.45, 7) is 5.32. The SMILES string of the molecule is CCC[C@H](C)NC(=O)CN1C(=O)N[C@](CC)(c2ccc(F)cc2)C1=O. The van der Waals surface area contributed by atoms with Gasteiger partial charge >= 0.3 is 6.03 Å². The van der Waals surface area contributed by atoms with E-state index in [1.54, 1.807) is 6.92 Å². The van der Waals surface area contributed by atoms with Gasteiger partial charge in [-0.15, -0.1) is 0 Å². The number of carbonyl (C=O) groups is 3. The van der Waals surface area contributed by atoms with Gasteiger partial charge in [0.15, 0.2) is 0 Å². The van der Waals surface area contributed by atoms with Crippen molar-refractivity contribution in [1.29, 1.82) is 0 Å². The minimum atomic E-state index is -1.26. The molecule has 0 bridgehead atoms. The maximum absolute atomic E-state index is 13.2. The molecule has 1 heterocycles. The van der Waals surface area contributed by atoms with Crippen molar-refractivity contribution in [3.05, 3.63) is 35.6 Å². The van der Waals surface area contributed by atoms with Gasteiger partial charge in [-0.25, -0.2) is 9.18 Å². The van der Waals surface area contributed by atoms with Gasteiger partial charge in [-0.3, -0.25) is 14.5 Å². The van der Waals surface area contributed by atoms with Crippen LogP contribution >= 0.6 is 0 Å². The molecule has 136 valence electrons. The first-order valence-corrected chi connectivity index (χ1v) is 8.53. The first-order chi connectivity index (χ1) is 11.8. The number of carbonyl (C=O) groups excluding carboxylic acids is 3. The standard InChI is InChI=1S/C18H24FN3O3/c1-4-6-12(3)20-15(23)11-22-16(24)18(5-2,21-17(22)25)13-7-9-14(19)10-8-13/h7-10,12H,4-6,11H2,1-3H3,(H,20,23)(H,21,25)/t12-,18+/m0/s1. The fourth-order valence-corrected chi connectivity index (χ4v) is 3.11. The molecule has 1 aromatic rings. The molecule has 1 saturated heterocycles. The first-order valence-electron chi connectivity index (χ1n) is 8.53.